The van der Waals surface area contributed by atoms with E-state index < -0.39 is 11.3 Å². The van der Waals surface area contributed by atoms with Gasteiger partial charge in [0.2, 0.25) is 17.5 Å². The van der Waals surface area contributed by atoms with Crippen LogP contribution in [0, 0.1) is 11.8 Å². The third kappa shape index (κ3) is 2.89. The quantitative estimate of drug-likeness (QED) is 0.745. The van der Waals surface area contributed by atoms with Gasteiger partial charge in [-0.15, -0.1) is 0 Å². The number of Topliss-reactive ketones (excluding diaryl/α,β-unsaturated/α-hetero) is 1. The van der Waals surface area contributed by atoms with Gasteiger partial charge in [0.05, 0.1) is 0 Å². The van der Waals surface area contributed by atoms with Gasteiger partial charge in [-0.25, -0.2) is 0 Å². The SMILES string of the molecule is CC(C)C(=O)NC12Oc3cc(C(C)C)ccc3[C@@]1(NC(=O)C(C)C)C(=O)c1ccccc12. The molecule has 0 aromatic heterocycles. The molecule has 2 aliphatic rings. The first-order valence-corrected chi connectivity index (χ1v) is 11.2. The van der Waals surface area contributed by atoms with Crippen molar-refractivity contribution >= 4 is 17.6 Å². The van der Waals surface area contributed by atoms with Crippen molar-refractivity contribution in [2.45, 2.75) is 58.7 Å². The first-order chi connectivity index (χ1) is 15.0. The Bertz CT molecular complexity index is 1120. The summed E-state index contributed by atoms with van der Waals surface area (Å²) < 4.78 is 6.54. The van der Waals surface area contributed by atoms with Crippen LogP contribution < -0.4 is 15.4 Å². The number of nitrogens with one attached hydrogen (secondary N) is 2. The number of amides is 2. The van der Waals surface area contributed by atoms with E-state index in [0.29, 0.717) is 22.4 Å². The minimum absolute atomic E-state index is 0.245. The topological polar surface area (TPSA) is 84.5 Å². The van der Waals surface area contributed by atoms with Crippen molar-refractivity contribution in [2.75, 3.05) is 0 Å². The summed E-state index contributed by atoms with van der Waals surface area (Å²) in [5.74, 6) is -0.819. The number of ketones is 1. The number of benzene rings is 2. The highest BCUT2D eigenvalue weighted by Crippen LogP contribution is 2.58. The Morgan fingerprint density at radius 1 is 0.844 bits per heavy atom. The highest BCUT2D eigenvalue weighted by Gasteiger charge is 2.72. The minimum Gasteiger partial charge on any atom is -0.460 e. The number of hydrogen-bond donors (Lipinski definition) is 2. The Kier molecular flexibility index (Phi) is 5.15. The van der Waals surface area contributed by atoms with Crippen LogP contribution in [0.25, 0.3) is 0 Å². The van der Waals surface area contributed by atoms with Crippen LogP contribution in [-0.4, -0.2) is 17.6 Å². The summed E-state index contributed by atoms with van der Waals surface area (Å²) in [6.07, 6.45) is 0. The summed E-state index contributed by atoms with van der Waals surface area (Å²) in [4.78, 5) is 40.1. The van der Waals surface area contributed by atoms with Gasteiger partial charge in [-0.3, -0.25) is 14.4 Å². The Morgan fingerprint density at radius 3 is 2.09 bits per heavy atom. The molecule has 1 aliphatic carbocycles. The highest BCUT2D eigenvalue weighted by atomic mass is 16.5. The molecule has 2 aromatic carbocycles. The second kappa shape index (κ2) is 7.47. The average Bonchev–Trinajstić information content (AvgIpc) is 3.12. The number of ether oxygens (including phenoxy) is 1. The van der Waals surface area contributed by atoms with Crippen LogP contribution in [-0.2, 0) is 20.9 Å². The number of carbonyl (C=O) groups is 3. The first-order valence-electron chi connectivity index (χ1n) is 11.2. The molecule has 2 atom stereocenters. The van der Waals surface area contributed by atoms with Gasteiger partial charge in [-0.05, 0) is 17.5 Å². The van der Waals surface area contributed by atoms with Gasteiger partial charge < -0.3 is 15.4 Å². The molecular formula is C26H30N2O4. The minimum atomic E-state index is -1.59. The predicted molar refractivity (Wildman–Crippen MR) is 121 cm³/mol. The van der Waals surface area contributed by atoms with Crippen LogP contribution in [0.5, 0.6) is 5.75 Å². The van der Waals surface area contributed by atoms with Crippen molar-refractivity contribution in [3.05, 3.63) is 64.7 Å². The smallest absolute Gasteiger partial charge is 0.245 e. The summed E-state index contributed by atoms with van der Waals surface area (Å²) in [6, 6.07) is 12.8. The molecule has 0 fully saturated rings. The summed E-state index contributed by atoms with van der Waals surface area (Å²) in [7, 11) is 0. The molecule has 1 heterocycles. The lowest BCUT2D eigenvalue weighted by atomic mass is 9.80. The maximum absolute atomic E-state index is 14.1. The summed E-state index contributed by atoms with van der Waals surface area (Å²) in [5.41, 5.74) is -0.580. The van der Waals surface area contributed by atoms with Crippen LogP contribution >= 0.6 is 0 Å². The third-order valence-electron chi connectivity index (χ3n) is 6.42. The van der Waals surface area contributed by atoms with E-state index in [1.165, 1.54) is 0 Å². The zero-order valence-corrected chi connectivity index (χ0v) is 19.4. The number of hydrogen-bond acceptors (Lipinski definition) is 4. The first kappa shape index (κ1) is 22.1. The Labute approximate surface area is 188 Å². The molecule has 1 aliphatic heterocycles. The fraction of sp³-hybridized carbons (Fsp3) is 0.423. The average molecular weight is 435 g/mol. The second-order valence-electron chi connectivity index (χ2n) is 9.61. The monoisotopic (exact) mass is 434 g/mol. The standard InChI is InChI=1S/C26H30N2O4/c1-14(2)17-11-12-20-21(13-17)32-26(28-24(31)16(5)6)19-10-8-7-9-18(19)22(29)25(20,26)27-23(30)15(3)4/h7-16H,1-6H3,(H,27,30)(H,28,31)/t25-,26?/m1/s1. The lowest BCUT2D eigenvalue weighted by molar-refractivity contribution is -0.137. The summed E-state index contributed by atoms with van der Waals surface area (Å²) in [5, 5.41) is 6.04. The van der Waals surface area contributed by atoms with Crippen LogP contribution in [0.4, 0.5) is 0 Å². The van der Waals surface area contributed by atoms with Gasteiger partial charge in [0.25, 0.3) is 0 Å². The Balaban J connectivity index is 2.03. The second-order valence-corrected chi connectivity index (χ2v) is 9.61. The molecule has 4 rings (SSSR count). The molecule has 32 heavy (non-hydrogen) atoms. The molecule has 2 N–H and O–H groups in total. The fourth-order valence-electron chi connectivity index (χ4n) is 4.50. The molecular weight excluding hydrogens is 404 g/mol. The number of fused-ring (bicyclic) bond motifs is 5. The van der Waals surface area contributed by atoms with E-state index in [0.717, 1.165) is 5.56 Å². The lowest BCUT2D eigenvalue weighted by Crippen LogP contribution is -2.67. The van der Waals surface area contributed by atoms with Crippen molar-refractivity contribution in [2.24, 2.45) is 11.8 Å². The van der Waals surface area contributed by atoms with Crippen molar-refractivity contribution < 1.29 is 19.1 Å². The molecule has 6 heteroatoms. The van der Waals surface area contributed by atoms with Crippen LogP contribution in [0.3, 0.4) is 0 Å². The van der Waals surface area contributed by atoms with E-state index in [1.807, 2.05) is 24.3 Å². The van der Waals surface area contributed by atoms with Gasteiger partial charge in [-0.1, -0.05) is 77.9 Å². The lowest BCUT2D eigenvalue weighted by Gasteiger charge is -2.40. The maximum atomic E-state index is 14.1. The molecule has 1 unspecified atom stereocenters. The van der Waals surface area contributed by atoms with E-state index in [1.54, 1.807) is 45.9 Å². The Hall–Kier alpha value is -3.15. The molecule has 6 nitrogen and oxygen atoms in total. The maximum Gasteiger partial charge on any atom is 0.245 e. The van der Waals surface area contributed by atoms with E-state index >= 15 is 0 Å². The highest BCUT2D eigenvalue weighted by molar-refractivity contribution is 6.13. The molecule has 0 saturated heterocycles. The molecule has 0 bridgehead atoms. The zero-order chi connectivity index (χ0) is 23.4. The molecule has 0 saturated carbocycles. The van der Waals surface area contributed by atoms with Crippen LogP contribution in [0.15, 0.2) is 42.5 Å². The predicted octanol–water partition coefficient (Wildman–Crippen LogP) is 3.99. The van der Waals surface area contributed by atoms with Crippen molar-refractivity contribution in [3.8, 4) is 5.75 Å². The van der Waals surface area contributed by atoms with Crippen molar-refractivity contribution in [1.82, 2.24) is 10.6 Å². The van der Waals surface area contributed by atoms with Crippen molar-refractivity contribution in [3.63, 3.8) is 0 Å². The van der Waals surface area contributed by atoms with Crippen LogP contribution in [0.2, 0.25) is 0 Å². The van der Waals surface area contributed by atoms with Gasteiger partial charge in [-0.2, -0.15) is 0 Å². The van der Waals surface area contributed by atoms with Gasteiger partial charge in [0.15, 0.2) is 11.3 Å². The summed E-state index contributed by atoms with van der Waals surface area (Å²) in [6.45, 7) is 11.2. The molecule has 0 spiro atoms. The van der Waals surface area contributed by atoms with E-state index in [-0.39, 0.29) is 35.4 Å². The third-order valence-corrected chi connectivity index (χ3v) is 6.42. The van der Waals surface area contributed by atoms with E-state index in [4.69, 9.17) is 4.74 Å². The van der Waals surface area contributed by atoms with Gasteiger partial charge in [0.1, 0.15) is 5.75 Å². The van der Waals surface area contributed by atoms with Gasteiger partial charge >= 0.3 is 0 Å². The van der Waals surface area contributed by atoms with E-state index in [2.05, 4.69) is 24.5 Å². The van der Waals surface area contributed by atoms with E-state index in [9.17, 15) is 14.4 Å². The number of carbonyl (C=O) groups excluding carboxylic acids is 3. The molecule has 2 amide bonds. The summed E-state index contributed by atoms with van der Waals surface area (Å²) >= 11 is 0. The molecule has 2 aromatic rings. The van der Waals surface area contributed by atoms with Gasteiger partial charge in [0, 0.05) is 28.5 Å². The molecule has 0 radical (unpaired) electrons. The zero-order valence-electron chi connectivity index (χ0n) is 19.4. The number of rotatable bonds is 5. The van der Waals surface area contributed by atoms with Crippen LogP contribution in [0.1, 0.15) is 74.5 Å². The molecule has 168 valence electrons. The Morgan fingerprint density at radius 2 is 1.47 bits per heavy atom. The fourth-order valence-corrected chi connectivity index (χ4v) is 4.50. The largest absolute Gasteiger partial charge is 0.460 e. The normalized spacial score (nSPS) is 23.1. The van der Waals surface area contributed by atoms with Crippen molar-refractivity contribution in [1.29, 1.82) is 0 Å².